The molecule has 0 amide bonds. The van der Waals surface area contributed by atoms with Crippen LogP contribution in [-0.2, 0) is 12.8 Å². The van der Waals surface area contributed by atoms with Gasteiger partial charge < -0.3 is 5.73 Å². The van der Waals surface area contributed by atoms with Crippen LogP contribution in [0.2, 0.25) is 0 Å². The van der Waals surface area contributed by atoms with E-state index < -0.39 is 0 Å². The quantitative estimate of drug-likeness (QED) is 0.739. The standard InChI is InChI=1S/C14H14N4S/c15-13-16-14-18(17-13)12(8-19-14)11-6-5-9-3-1-2-4-10(9)7-11/h5-8H,1-4H2,(H2,15,17). The third-order valence-electron chi connectivity index (χ3n) is 3.74. The molecular formula is C14H14N4S. The second-order valence-corrected chi connectivity index (χ2v) is 5.81. The Morgan fingerprint density at radius 3 is 2.89 bits per heavy atom. The van der Waals surface area contributed by atoms with E-state index in [-0.39, 0.29) is 0 Å². The van der Waals surface area contributed by atoms with Crippen molar-refractivity contribution >= 4 is 22.2 Å². The molecule has 1 aromatic carbocycles. The van der Waals surface area contributed by atoms with Crippen LogP contribution in [0.15, 0.2) is 23.6 Å². The molecule has 4 rings (SSSR count). The van der Waals surface area contributed by atoms with Crippen molar-refractivity contribution in [3.63, 3.8) is 0 Å². The first-order valence-corrected chi connectivity index (χ1v) is 7.41. The molecule has 0 saturated carbocycles. The lowest BCUT2D eigenvalue weighted by Crippen LogP contribution is -2.02. The Labute approximate surface area is 114 Å². The third-order valence-corrected chi connectivity index (χ3v) is 4.56. The van der Waals surface area contributed by atoms with Crippen molar-refractivity contribution in [1.82, 2.24) is 14.6 Å². The number of anilines is 1. The van der Waals surface area contributed by atoms with Crippen LogP contribution < -0.4 is 5.73 Å². The predicted octanol–water partition coefficient (Wildman–Crippen LogP) is 2.92. The van der Waals surface area contributed by atoms with Gasteiger partial charge in [-0.2, -0.15) is 4.98 Å². The van der Waals surface area contributed by atoms with Gasteiger partial charge in [0, 0.05) is 10.9 Å². The third kappa shape index (κ3) is 1.73. The monoisotopic (exact) mass is 270 g/mol. The van der Waals surface area contributed by atoms with E-state index in [2.05, 4.69) is 33.7 Å². The molecule has 2 N–H and O–H groups in total. The van der Waals surface area contributed by atoms with Gasteiger partial charge in [0.25, 0.3) is 0 Å². The number of aryl methyl sites for hydroxylation is 2. The number of hydrogen-bond donors (Lipinski definition) is 1. The van der Waals surface area contributed by atoms with Crippen molar-refractivity contribution in [3.8, 4) is 11.3 Å². The fourth-order valence-electron chi connectivity index (χ4n) is 2.79. The largest absolute Gasteiger partial charge is 0.366 e. The normalized spacial score (nSPS) is 14.7. The van der Waals surface area contributed by atoms with E-state index in [1.165, 1.54) is 42.4 Å². The maximum absolute atomic E-state index is 5.66. The maximum Gasteiger partial charge on any atom is 0.241 e. The molecule has 0 spiro atoms. The number of nitrogens with zero attached hydrogens (tertiary/aromatic N) is 3. The van der Waals surface area contributed by atoms with E-state index >= 15 is 0 Å². The molecule has 0 atom stereocenters. The molecule has 2 aromatic heterocycles. The molecule has 4 nitrogen and oxygen atoms in total. The van der Waals surface area contributed by atoms with Crippen LogP contribution in [0, 0.1) is 0 Å². The van der Waals surface area contributed by atoms with E-state index in [1.807, 2.05) is 4.52 Å². The van der Waals surface area contributed by atoms with E-state index in [0.29, 0.717) is 5.95 Å². The SMILES string of the molecule is Nc1nc2scc(-c3ccc4c(c3)CCCC4)n2n1. The predicted molar refractivity (Wildman–Crippen MR) is 77.4 cm³/mol. The van der Waals surface area contributed by atoms with Crippen molar-refractivity contribution in [2.24, 2.45) is 0 Å². The molecule has 0 aliphatic heterocycles. The fourth-order valence-corrected chi connectivity index (χ4v) is 3.63. The highest BCUT2D eigenvalue weighted by Crippen LogP contribution is 2.29. The average Bonchev–Trinajstić information content (AvgIpc) is 2.97. The first kappa shape index (κ1) is 11.0. The number of hydrogen-bond acceptors (Lipinski definition) is 4. The summed E-state index contributed by atoms with van der Waals surface area (Å²) in [5, 5.41) is 6.35. The molecule has 5 heteroatoms. The summed E-state index contributed by atoms with van der Waals surface area (Å²) < 4.78 is 1.84. The number of nitrogens with two attached hydrogens (primary N) is 1. The number of benzene rings is 1. The van der Waals surface area contributed by atoms with E-state index in [1.54, 1.807) is 11.3 Å². The summed E-state index contributed by atoms with van der Waals surface area (Å²) in [7, 11) is 0. The second-order valence-electron chi connectivity index (χ2n) is 4.98. The maximum atomic E-state index is 5.66. The Hall–Kier alpha value is -1.88. The molecule has 0 unspecified atom stereocenters. The van der Waals surface area contributed by atoms with Crippen molar-refractivity contribution in [2.45, 2.75) is 25.7 Å². The topological polar surface area (TPSA) is 56.2 Å². The minimum atomic E-state index is 0.339. The van der Waals surface area contributed by atoms with Crippen LogP contribution in [0.25, 0.3) is 16.2 Å². The van der Waals surface area contributed by atoms with Gasteiger partial charge in [-0.15, -0.1) is 16.4 Å². The highest BCUT2D eigenvalue weighted by atomic mass is 32.1. The Bertz CT molecular complexity index is 756. The van der Waals surface area contributed by atoms with Crippen molar-refractivity contribution < 1.29 is 0 Å². The van der Waals surface area contributed by atoms with Gasteiger partial charge in [-0.25, -0.2) is 4.52 Å². The van der Waals surface area contributed by atoms with Crippen LogP contribution in [0.1, 0.15) is 24.0 Å². The van der Waals surface area contributed by atoms with Crippen LogP contribution in [0.4, 0.5) is 5.95 Å². The van der Waals surface area contributed by atoms with Gasteiger partial charge in [-0.3, -0.25) is 0 Å². The summed E-state index contributed by atoms with van der Waals surface area (Å²) in [5.41, 5.74) is 10.9. The van der Waals surface area contributed by atoms with Crippen molar-refractivity contribution in [3.05, 3.63) is 34.7 Å². The van der Waals surface area contributed by atoms with E-state index in [4.69, 9.17) is 5.73 Å². The number of thiazole rings is 1. The molecule has 0 radical (unpaired) electrons. The minimum Gasteiger partial charge on any atom is -0.366 e. The summed E-state index contributed by atoms with van der Waals surface area (Å²) in [6.45, 7) is 0. The lowest BCUT2D eigenvalue weighted by Gasteiger charge is -2.16. The number of rotatable bonds is 1. The zero-order chi connectivity index (χ0) is 12.8. The number of aromatic nitrogens is 3. The molecule has 3 aromatic rings. The summed E-state index contributed by atoms with van der Waals surface area (Å²) in [5.74, 6) is 0.339. The molecule has 0 bridgehead atoms. The summed E-state index contributed by atoms with van der Waals surface area (Å²) >= 11 is 1.58. The lowest BCUT2D eigenvalue weighted by atomic mass is 9.90. The first-order chi connectivity index (χ1) is 9.31. The van der Waals surface area contributed by atoms with Gasteiger partial charge in [-0.05, 0) is 42.9 Å². The Balaban J connectivity index is 1.87. The summed E-state index contributed by atoms with van der Waals surface area (Å²) in [6, 6.07) is 6.74. The molecular weight excluding hydrogens is 256 g/mol. The van der Waals surface area contributed by atoms with Crippen LogP contribution in [0.5, 0.6) is 0 Å². The number of nitrogen functional groups attached to an aromatic ring is 1. The van der Waals surface area contributed by atoms with Gasteiger partial charge in [-0.1, -0.05) is 12.1 Å². The van der Waals surface area contributed by atoms with Crippen LogP contribution in [0.3, 0.4) is 0 Å². The molecule has 96 valence electrons. The molecule has 1 aliphatic rings. The first-order valence-electron chi connectivity index (χ1n) is 6.53. The van der Waals surface area contributed by atoms with E-state index in [0.717, 1.165) is 10.7 Å². The van der Waals surface area contributed by atoms with Crippen LogP contribution in [-0.4, -0.2) is 14.6 Å². The zero-order valence-corrected chi connectivity index (χ0v) is 11.3. The molecule has 1 aliphatic carbocycles. The second kappa shape index (κ2) is 4.06. The lowest BCUT2D eigenvalue weighted by molar-refractivity contribution is 0.686. The molecule has 0 saturated heterocycles. The fraction of sp³-hybridized carbons (Fsp3) is 0.286. The highest BCUT2D eigenvalue weighted by Gasteiger charge is 2.13. The Morgan fingerprint density at radius 2 is 2.00 bits per heavy atom. The van der Waals surface area contributed by atoms with E-state index in [9.17, 15) is 0 Å². The molecule has 19 heavy (non-hydrogen) atoms. The summed E-state index contributed by atoms with van der Waals surface area (Å²) in [6.07, 6.45) is 5.02. The van der Waals surface area contributed by atoms with Crippen LogP contribution >= 0.6 is 11.3 Å². The van der Waals surface area contributed by atoms with Gasteiger partial charge in [0.05, 0.1) is 5.69 Å². The Kier molecular flexibility index (Phi) is 2.35. The zero-order valence-electron chi connectivity index (χ0n) is 10.5. The average molecular weight is 270 g/mol. The van der Waals surface area contributed by atoms with Gasteiger partial charge in [0.1, 0.15) is 0 Å². The highest BCUT2D eigenvalue weighted by molar-refractivity contribution is 7.15. The minimum absolute atomic E-state index is 0.339. The smallest absolute Gasteiger partial charge is 0.241 e. The molecule has 0 fully saturated rings. The van der Waals surface area contributed by atoms with Crippen molar-refractivity contribution in [1.29, 1.82) is 0 Å². The van der Waals surface area contributed by atoms with Crippen molar-refractivity contribution in [2.75, 3.05) is 5.73 Å². The van der Waals surface area contributed by atoms with Gasteiger partial charge >= 0.3 is 0 Å². The molecule has 2 heterocycles. The summed E-state index contributed by atoms with van der Waals surface area (Å²) in [4.78, 5) is 5.05. The number of fused-ring (bicyclic) bond motifs is 2. The Morgan fingerprint density at radius 1 is 1.16 bits per heavy atom. The van der Waals surface area contributed by atoms with Gasteiger partial charge in [0.2, 0.25) is 10.9 Å². The van der Waals surface area contributed by atoms with Gasteiger partial charge in [0.15, 0.2) is 0 Å².